The molecule has 16 heavy (non-hydrogen) atoms. The summed E-state index contributed by atoms with van der Waals surface area (Å²) in [6.45, 7) is 5.42. The Kier molecular flexibility index (Phi) is 7.26. The van der Waals surface area contributed by atoms with Gasteiger partial charge in [-0.1, -0.05) is 19.9 Å². The third kappa shape index (κ3) is 5.52. The number of pyridine rings is 1. The third-order valence-electron chi connectivity index (χ3n) is 2.34. The highest BCUT2D eigenvalue weighted by molar-refractivity contribution is 7.99. The van der Waals surface area contributed by atoms with Crippen molar-refractivity contribution >= 4 is 11.8 Å². The Hall–Kier alpha value is -0.540. The highest BCUT2D eigenvalue weighted by Crippen LogP contribution is 2.08. The van der Waals surface area contributed by atoms with Crippen molar-refractivity contribution in [1.29, 1.82) is 0 Å². The summed E-state index contributed by atoms with van der Waals surface area (Å²) in [6, 6.07) is 6.69. The van der Waals surface area contributed by atoms with Crippen molar-refractivity contribution < 1.29 is 0 Å². The number of nitrogens with zero attached hydrogens (tertiary/aromatic N) is 1. The first kappa shape index (κ1) is 13.5. The van der Waals surface area contributed by atoms with E-state index in [1.165, 1.54) is 23.6 Å². The topological polar surface area (TPSA) is 24.9 Å². The molecule has 1 N–H and O–H groups in total. The Labute approximate surface area is 103 Å². The van der Waals surface area contributed by atoms with Crippen LogP contribution in [0.3, 0.4) is 0 Å². The van der Waals surface area contributed by atoms with Crippen LogP contribution in [0.15, 0.2) is 24.4 Å². The quantitative estimate of drug-likeness (QED) is 0.705. The zero-order valence-electron chi connectivity index (χ0n) is 10.3. The number of thioether (sulfide) groups is 1. The van der Waals surface area contributed by atoms with E-state index < -0.39 is 0 Å². The molecule has 0 amide bonds. The lowest BCUT2D eigenvalue weighted by molar-refractivity contribution is 0.566. The van der Waals surface area contributed by atoms with Crippen LogP contribution in [-0.4, -0.2) is 29.1 Å². The fourth-order valence-corrected chi connectivity index (χ4v) is 2.60. The van der Waals surface area contributed by atoms with E-state index in [0.29, 0.717) is 6.04 Å². The summed E-state index contributed by atoms with van der Waals surface area (Å²) in [7, 11) is 0. The summed E-state index contributed by atoms with van der Waals surface area (Å²) >= 11 is 2.03. The minimum atomic E-state index is 0.552. The standard InChI is InChI=1S/C13H22N2S/c1-3-9-16-11-13(14-4-2)10-12-7-5-6-8-15-12/h5-8,13-14H,3-4,9-11H2,1-2H3. The lowest BCUT2D eigenvalue weighted by atomic mass is 10.1. The SMILES string of the molecule is CCCSCC(Cc1ccccn1)NCC. The highest BCUT2D eigenvalue weighted by Gasteiger charge is 2.08. The molecule has 0 aliphatic carbocycles. The minimum Gasteiger partial charge on any atom is -0.313 e. The molecule has 0 saturated carbocycles. The molecule has 0 aliphatic heterocycles. The molecule has 1 atom stereocenters. The average Bonchev–Trinajstić information content (AvgIpc) is 2.31. The van der Waals surface area contributed by atoms with Crippen LogP contribution in [0.5, 0.6) is 0 Å². The van der Waals surface area contributed by atoms with Gasteiger partial charge < -0.3 is 5.32 Å². The Bertz CT molecular complexity index is 264. The van der Waals surface area contributed by atoms with E-state index in [9.17, 15) is 0 Å². The Morgan fingerprint density at radius 1 is 1.38 bits per heavy atom. The van der Waals surface area contributed by atoms with Gasteiger partial charge in [-0.3, -0.25) is 4.98 Å². The second-order valence-corrected chi connectivity index (χ2v) is 5.00. The zero-order chi connectivity index (χ0) is 11.6. The van der Waals surface area contributed by atoms with Crippen molar-refractivity contribution in [1.82, 2.24) is 10.3 Å². The van der Waals surface area contributed by atoms with Crippen LogP contribution in [-0.2, 0) is 6.42 Å². The van der Waals surface area contributed by atoms with Crippen LogP contribution in [0.1, 0.15) is 26.0 Å². The maximum Gasteiger partial charge on any atom is 0.0419 e. The van der Waals surface area contributed by atoms with Gasteiger partial charge in [-0.25, -0.2) is 0 Å². The van der Waals surface area contributed by atoms with Crippen molar-refractivity contribution in [2.45, 2.75) is 32.7 Å². The molecule has 1 unspecified atom stereocenters. The van der Waals surface area contributed by atoms with Crippen molar-refractivity contribution in [3.8, 4) is 0 Å². The molecular weight excluding hydrogens is 216 g/mol. The van der Waals surface area contributed by atoms with Crippen LogP contribution in [0.25, 0.3) is 0 Å². The second kappa shape index (κ2) is 8.59. The molecule has 3 heteroatoms. The first-order valence-electron chi connectivity index (χ1n) is 6.07. The van der Waals surface area contributed by atoms with E-state index in [4.69, 9.17) is 0 Å². The molecule has 0 aliphatic rings. The summed E-state index contributed by atoms with van der Waals surface area (Å²) < 4.78 is 0. The van der Waals surface area contributed by atoms with Gasteiger partial charge in [-0.05, 0) is 30.9 Å². The number of hydrogen-bond acceptors (Lipinski definition) is 3. The first-order chi connectivity index (χ1) is 7.86. The predicted molar refractivity (Wildman–Crippen MR) is 73.0 cm³/mol. The molecule has 0 fully saturated rings. The van der Waals surface area contributed by atoms with Crippen LogP contribution >= 0.6 is 11.8 Å². The maximum absolute atomic E-state index is 4.38. The minimum absolute atomic E-state index is 0.552. The van der Waals surface area contributed by atoms with E-state index in [-0.39, 0.29) is 0 Å². The normalized spacial score (nSPS) is 12.6. The molecular formula is C13H22N2S. The van der Waals surface area contributed by atoms with Gasteiger partial charge in [-0.2, -0.15) is 11.8 Å². The van der Waals surface area contributed by atoms with Gasteiger partial charge in [0, 0.05) is 30.1 Å². The molecule has 1 aromatic rings. The van der Waals surface area contributed by atoms with Crippen molar-refractivity contribution in [2.24, 2.45) is 0 Å². The Balaban J connectivity index is 2.38. The molecule has 0 spiro atoms. The van der Waals surface area contributed by atoms with Crippen LogP contribution < -0.4 is 5.32 Å². The van der Waals surface area contributed by atoms with Gasteiger partial charge in [0.05, 0.1) is 0 Å². The van der Waals surface area contributed by atoms with Crippen LogP contribution in [0.2, 0.25) is 0 Å². The molecule has 0 bridgehead atoms. The van der Waals surface area contributed by atoms with E-state index >= 15 is 0 Å². The van der Waals surface area contributed by atoms with Gasteiger partial charge in [0.2, 0.25) is 0 Å². The third-order valence-corrected chi connectivity index (χ3v) is 3.68. The second-order valence-electron chi connectivity index (χ2n) is 3.85. The molecule has 90 valence electrons. The molecule has 1 heterocycles. The highest BCUT2D eigenvalue weighted by atomic mass is 32.2. The predicted octanol–water partition coefficient (Wildman–Crippen LogP) is 2.75. The number of hydrogen-bond donors (Lipinski definition) is 1. The summed E-state index contributed by atoms with van der Waals surface area (Å²) in [4.78, 5) is 4.38. The van der Waals surface area contributed by atoms with E-state index in [0.717, 1.165) is 13.0 Å². The zero-order valence-corrected chi connectivity index (χ0v) is 11.1. The number of rotatable bonds is 8. The Morgan fingerprint density at radius 2 is 2.25 bits per heavy atom. The van der Waals surface area contributed by atoms with Crippen molar-refractivity contribution in [3.63, 3.8) is 0 Å². The fraction of sp³-hybridized carbons (Fsp3) is 0.615. The van der Waals surface area contributed by atoms with Gasteiger partial charge >= 0.3 is 0 Å². The average molecular weight is 238 g/mol. The molecule has 1 rings (SSSR count). The number of aromatic nitrogens is 1. The van der Waals surface area contributed by atoms with E-state index in [1.807, 2.05) is 24.0 Å². The van der Waals surface area contributed by atoms with Gasteiger partial charge in [0.15, 0.2) is 0 Å². The summed E-state index contributed by atoms with van der Waals surface area (Å²) in [5.74, 6) is 2.43. The molecule has 0 radical (unpaired) electrons. The van der Waals surface area contributed by atoms with Gasteiger partial charge in [-0.15, -0.1) is 0 Å². The summed E-state index contributed by atoms with van der Waals surface area (Å²) in [5, 5.41) is 3.53. The Morgan fingerprint density at radius 3 is 2.88 bits per heavy atom. The fourth-order valence-electron chi connectivity index (χ4n) is 1.62. The lowest BCUT2D eigenvalue weighted by Crippen LogP contribution is -2.33. The number of nitrogens with one attached hydrogen (secondary N) is 1. The van der Waals surface area contributed by atoms with Crippen molar-refractivity contribution in [3.05, 3.63) is 30.1 Å². The largest absolute Gasteiger partial charge is 0.313 e. The van der Waals surface area contributed by atoms with Gasteiger partial charge in [0.1, 0.15) is 0 Å². The summed E-state index contributed by atoms with van der Waals surface area (Å²) in [6.07, 6.45) is 4.16. The van der Waals surface area contributed by atoms with Gasteiger partial charge in [0.25, 0.3) is 0 Å². The molecule has 2 nitrogen and oxygen atoms in total. The first-order valence-corrected chi connectivity index (χ1v) is 7.23. The molecule has 0 aromatic carbocycles. The van der Waals surface area contributed by atoms with Crippen LogP contribution in [0.4, 0.5) is 0 Å². The molecule has 1 aromatic heterocycles. The van der Waals surface area contributed by atoms with Crippen LogP contribution in [0, 0.1) is 0 Å². The smallest absolute Gasteiger partial charge is 0.0419 e. The number of likely N-dealkylation sites (N-methyl/N-ethyl adjacent to an activating group) is 1. The monoisotopic (exact) mass is 238 g/mol. The maximum atomic E-state index is 4.38. The lowest BCUT2D eigenvalue weighted by Gasteiger charge is -2.16. The summed E-state index contributed by atoms with van der Waals surface area (Å²) in [5.41, 5.74) is 1.19. The molecule has 0 saturated heterocycles. The van der Waals surface area contributed by atoms with E-state index in [2.05, 4.69) is 36.3 Å². The van der Waals surface area contributed by atoms with E-state index in [1.54, 1.807) is 0 Å². The van der Waals surface area contributed by atoms with Crippen molar-refractivity contribution in [2.75, 3.05) is 18.1 Å².